The standard InChI is InChI=1S/C13H19NO2/c1-10-8-16-9-11(2)14(10)7-12-5-3-4-6-13(12)15/h3-6,10-11,15H,7-9H2,1-2H3. The van der Waals surface area contributed by atoms with E-state index < -0.39 is 0 Å². The Bertz CT molecular complexity index is 344. The summed E-state index contributed by atoms with van der Waals surface area (Å²) in [4.78, 5) is 2.37. The van der Waals surface area contributed by atoms with Gasteiger partial charge in [-0.25, -0.2) is 0 Å². The number of phenols is 1. The van der Waals surface area contributed by atoms with E-state index in [-0.39, 0.29) is 0 Å². The molecule has 0 bridgehead atoms. The molecule has 16 heavy (non-hydrogen) atoms. The topological polar surface area (TPSA) is 32.7 Å². The molecule has 1 aliphatic rings. The van der Waals surface area contributed by atoms with E-state index in [4.69, 9.17) is 4.74 Å². The van der Waals surface area contributed by atoms with Gasteiger partial charge in [0.05, 0.1) is 13.2 Å². The molecular formula is C13H19NO2. The van der Waals surface area contributed by atoms with Crippen molar-refractivity contribution in [3.8, 4) is 5.75 Å². The van der Waals surface area contributed by atoms with Gasteiger partial charge in [0.2, 0.25) is 0 Å². The van der Waals surface area contributed by atoms with Crippen LogP contribution >= 0.6 is 0 Å². The van der Waals surface area contributed by atoms with Crippen LogP contribution in [0.4, 0.5) is 0 Å². The molecule has 2 rings (SSSR count). The van der Waals surface area contributed by atoms with E-state index in [0.29, 0.717) is 17.8 Å². The molecule has 1 fully saturated rings. The number of nitrogens with zero attached hydrogens (tertiary/aromatic N) is 1. The zero-order chi connectivity index (χ0) is 11.5. The molecule has 1 aliphatic heterocycles. The van der Waals surface area contributed by atoms with Crippen molar-refractivity contribution in [2.24, 2.45) is 0 Å². The van der Waals surface area contributed by atoms with Gasteiger partial charge < -0.3 is 9.84 Å². The number of aromatic hydroxyl groups is 1. The lowest BCUT2D eigenvalue weighted by Gasteiger charge is -2.38. The maximum atomic E-state index is 9.76. The minimum atomic E-state index is 0.383. The van der Waals surface area contributed by atoms with Gasteiger partial charge in [0.1, 0.15) is 5.75 Å². The van der Waals surface area contributed by atoms with E-state index in [1.165, 1.54) is 0 Å². The zero-order valence-corrected chi connectivity index (χ0v) is 9.89. The largest absolute Gasteiger partial charge is 0.508 e. The van der Waals surface area contributed by atoms with E-state index in [9.17, 15) is 5.11 Å². The minimum absolute atomic E-state index is 0.383. The van der Waals surface area contributed by atoms with Crippen molar-refractivity contribution < 1.29 is 9.84 Å². The molecule has 1 aromatic rings. The first-order valence-corrected chi connectivity index (χ1v) is 5.79. The summed E-state index contributed by atoms with van der Waals surface area (Å²) in [5, 5.41) is 9.76. The molecule has 2 atom stereocenters. The number of benzene rings is 1. The fourth-order valence-electron chi connectivity index (χ4n) is 2.19. The Labute approximate surface area is 96.6 Å². The molecule has 0 saturated carbocycles. The molecule has 88 valence electrons. The lowest BCUT2D eigenvalue weighted by molar-refractivity contribution is -0.0411. The van der Waals surface area contributed by atoms with Crippen LogP contribution in [0.5, 0.6) is 5.75 Å². The van der Waals surface area contributed by atoms with Crippen LogP contribution < -0.4 is 0 Å². The van der Waals surface area contributed by atoms with Crippen molar-refractivity contribution in [3.05, 3.63) is 29.8 Å². The molecule has 0 radical (unpaired) electrons. The van der Waals surface area contributed by atoms with E-state index in [1.807, 2.05) is 18.2 Å². The Kier molecular flexibility index (Phi) is 3.46. The Morgan fingerprint density at radius 2 is 1.88 bits per heavy atom. The van der Waals surface area contributed by atoms with Crippen LogP contribution in [0.1, 0.15) is 19.4 Å². The highest BCUT2D eigenvalue weighted by Crippen LogP contribution is 2.22. The summed E-state index contributed by atoms with van der Waals surface area (Å²) in [5.74, 6) is 0.383. The lowest BCUT2D eigenvalue weighted by Crippen LogP contribution is -2.48. The highest BCUT2D eigenvalue weighted by atomic mass is 16.5. The van der Waals surface area contributed by atoms with Crippen molar-refractivity contribution in [2.45, 2.75) is 32.5 Å². The highest BCUT2D eigenvalue weighted by Gasteiger charge is 2.25. The van der Waals surface area contributed by atoms with Crippen LogP contribution in [0.3, 0.4) is 0 Å². The Morgan fingerprint density at radius 1 is 1.25 bits per heavy atom. The Balaban J connectivity index is 2.11. The lowest BCUT2D eigenvalue weighted by atomic mass is 10.1. The van der Waals surface area contributed by atoms with Crippen LogP contribution in [-0.2, 0) is 11.3 Å². The highest BCUT2D eigenvalue weighted by molar-refractivity contribution is 5.31. The summed E-state index contributed by atoms with van der Waals surface area (Å²) >= 11 is 0. The molecule has 0 amide bonds. The SMILES string of the molecule is CC1COCC(C)N1Cc1ccccc1O. The average Bonchev–Trinajstić information content (AvgIpc) is 2.26. The predicted octanol–water partition coefficient (Wildman–Crippen LogP) is 2.00. The molecule has 1 N–H and O–H groups in total. The number of phenolic OH excluding ortho intramolecular Hbond substituents is 1. The molecular weight excluding hydrogens is 202 g/mol. The van der Waals surface area contributed by atoms with Gasteiger partial charge in [-0.3, -0.25) is 4.90 Å². The summed E-state index contributed by atoms with van der Waals surface area (Å²) in [6, 6.07) is 8.34. The number of hydrogen-bond acceptors (Lipinski definition) is 3. The van der Waals surface area contributed by atoms with Gasteiger partial charge in [-0.1, -0.05) is 18.2 Å². The van der Waals surface area contributed by atoms with Crippen molar-refractivity contribution in [1.29, 1.82) is 0 Å². The van der Waals surface area contributed by atoms with Gasteiger partial charge >= 0.3 is 0 Å². The molecule has 0 aromatic heterocycles. The summed E-state index contributed by atoms with van der Waals surface area (Å²) in [6.07, 6.45) is 0. The van der Waals surface area contributed by atoms with Crippen molar-refractivity contribution in [1.82, 2.24) is 4.90 Å². The van der Waals surface area contributed by atoms with Gasteiger partial charge in [-0.15, -0.1) is 0 Å². The summed E-state index contributed by atoms with van der Waals surface area (Å²) in [7, 11) is 0. The van der Waals surface area contributed by atoms with E-state index in [2.05, 4.69) is 18.7 Å². The molecule has 3 nitrogen and oxygen atoms in total. The number of morpholine rings is 1. The second-order valence-corrected chi connectivity index (χ2v) is 4.54. The van der Waals surface area contributed by atoms with Crippen LogP contribution in [0.25, 0.3) is 0 Å². The number of rotatable bonds is 2. The number of ether oxygens (including phenoxy) is 1. The van der Waals surface area contributed by atoms with Crippen LogP contribution in [-0.4, -0.2) is 35.3 Å². The minimum Gasteiger partial charge on any atom is -0.508 e. The maximum Gasteiger partial charge on any atom is 0.120 e. The second kappa shape index (κ2) is 4.85. The number of hydrogen-bond donors (Lipinski definition) is 1. The first-order valence-electron chi connectivity index (χ1n) is 5.79. The summed E-state index contributed by atoms with van der Waals surface area (Å²) in [5.41, 5.74) is 0.989. The molecule has 3 heteroatoms. The van der Waals surface area contributed by atoms with Crippen LogP contribution in [0, 0.1) is 0 Å². The zero-order valence-electron chi connectivity index (χ0n) is 9.89. The fourth-order valence-corrected chi connectivity index (χ4v) is 2.19. The molecule has 1 aromatic carbocycles. The quantitative estimate of drug-likeness (QED) is 0.829. The van der Waals surface area contributed by atoms with Crippen LogP contribution in [0.2, 0.25) is 0 Å². The van der Waals surface area contributed by atoms with Crippen molar-refractivity contribution >= 4 is 0 Å². The van der Waals surface area contributed by atoms with Gasteiger partial charge in [0.25, 0.3) is 0 Å². The van der Waals surface area contributed by atoms with Crippen LogP contribution in [0.15, 0.2) is 24.3 Å². The fraction of sp³-hybridized carbons (Fsp3) is 0.538. The molecule has 0 aliphatic carbocycles. The molecule has 2 unspecified atom stereocenters. The van der Waals surface area contributed by atoms with E-state index in [1.54, 1.807) is 6.07 Å². The van der Waals surface area contributed by atoms with Gasteiger partial charge in [0.15, 0.2) is 0 Å². The normalized spacial score (nSPS) is 26.9. The van der Waals surface area contributed by atoms with Gasteiger partial charge in [-0.05, 0) is 19.9 Å². The number of para-hydroxylation sites is 1. The molecule has 1 saturated heterocycles. The third-order valence-electron chi connectivity index (χ3n) is 3.19. The third kappa shape index (κ3) is 2.36. The summed E-state index contributed by atoms with van der Waals surface area (Å²) < 4.78 is 5.49. The Hall–Kier alpha value is -1.06. The van der Waals surface area contributed by atoms with E-state index >= 15 is 0 Å². The Morgan fingerprint density at radius 3 is 2.50 bits per heavy atom. The average molecular weight is 221 g/mol. The van der Waals surface area contributed by atoms with Gasteiger partial charge in [0, 0.05) is 24.2 Å². The maximum absolute atomic E-state index is 9.76. The van der Waals surface area contributed by atoms with E-state index in [0.717, 1.165) is 25.3 Å². The van der Waals surface area contributed by atoms with Gasteiger partial charge in [-0.2, -0.15) is 0 Å². The summed E-state index contributed by atoms with van der Waals surface area (Å²) in [6.45, 7) is 6.67. The smallest absolute Gasteiger partial charge is 0.120 e. The molecule has 0 spiro atoms. The monoisotopic (exact) mass is 221 g/mol. The second-order valence-electron chi connectivity index (χ2n) is 4.54. The van der Waals surface area contributed by atoms with Crippen molar-refractivity contribution in [2.75, 3.05) is 13.2 Å². The third-order valence-corrected chi connectivity index (χ3v) is 3.19. The first-order chi connectivity index (χ1) is 7.68. The first kappa shape index (κ1) is 11.4. The molecule has 1 heterocycles. The predicted molar refractivity (Wildman–Crippen MR) is 63.4 cm³/mol. The van der Waals surface area contributed by atoms with Crippen molar-refractivity contribution in [3.63, 3.8) is 0 Å².